The SMILES string of the molecule is CCC1(CC)NC(=O)N(CC(=O)OCC(=O)Nc2ccc(F)cc2Cl)C1=O. The fourth-order valence-electron chi connectivity index (χ4n) is 2.65. The average Bonchev–Trinajstić information content (AvgIpc) is 2.87. The molecule has 0 aliphatic carbocycles. The molecule has 1 aliphatic rings. The normalized spacial score (nSPS) is 15.5. The summed E-state index contributed by atoms with van der Waals surface area (Å²) in [6, 6.07) is 2.72. The highest BCUT2D eigenvalue weighted by Gasteiger charge is 2.49. The van der Waals surface area contributed by atoms with Gasteiger partial charge in [-0.2, -0.15) is 0 Å². The van der Waals surface area contributed by atoms with E-state index in [1.165, 1.54) is 6.07 Å². The molecule has 2 rings (SSSR count). The Hall–Kier alpha value is -2.68. The van der Waals surface area contributed by atoms with Gasteiger partial charge in [0.25, 0.3) is 11.8 Å². The predicted octanol–water partition coefficient (Wildman–Crippen LogP) is 2.07. The molecule has 1 saturated heterocycles. The van der Waals surface area contributed by atoms with Gasteiger partial charge < -0.3 is 15.4 Å². The summed E-state index contributed by atoms with van der Waals surface area (Å²) in [6.07, 6.45) is 0.779. The second kappa shape index (κ2) is 8.34. The third-order valence-electron chi connectivity index (χ3n) is 4.31. The largest absolute Gasteiger partial charge is 0.454 e. The fourth-order valence-corrected chi connectivity index (χ4v) is 2.86. The van der Waals surface area contributed by atoms with Crippen LogP contribution in [0.25, 0.3) is 0 Å². The Bertz CT molecular complexity index is 782. The van der Waals surface area contributed by atoms with E-state index in [4.69, 9.17) is 16.3 Å². The number of ether oxygens (including phenoxy) is 1. The Balaban J connectivity index is 1.88. The summed E-state index contributed by atoms with van der Waals surface area (Å²) in [5, 5.41) is 4.94. The maximum atomic E-state index is 13.0. The van der Waals surface area contributed by atoms with E-state index in [0.717, 1.165) is 17.0 Å². The molecule has 10 heteroatoms. The van der Waals surface area contributed by atoms with Crippen molar-refractivity contribution >= 4 is 41.1 Å². The summed E-state index contributed by atoms with van der Waals surface area (Å²) in [4.78, 5) is 48.8. The topological polar surface area (TPSA) is 105 Å². The van der Waals surface area contributed by atoms with Crippen LogP contribution in [0.1, 0.15) is 26.7 Å². The lowest BCUT2D eigenvalue weighted by Crippen LogP contribution is -2.46. The molecule has 0 radical (unpaired) electrons. The van der Waals surface area contributed by atoms with Crippen LogP contribution in [0.2, 0.25) is 5.02 Å². The van der Waals surface area contributed by atoms with Crippen LogP contribution in [0, 0.1) is 5.82 Å². The molecule has 1 fully saturated rings. The third-order valence-corrected chi connectivity index (χ3v) is 4.62. The molecule has 0 saturated carbocycles. The molecule has 1 aliphatic heterocycles. The minimum absolute atomic E-state index is 0.00974. The highest BCUT2D eigenvalue weighted by Crippen LogP contribution is 2.25. The Morgan fingerprint density at radius 1 is 1.30 bits per heavy atom. The van der Waals surface area contributed by atoms with Gasteiger partial charge in [-0.3, -0.25) is 19.3 Å². The number of hydrogen-bond donors (Lipinski definition) is 2. The van der Waals surface area contributed by atoms with Crippen molar-refractivity contribution in [2.45, 2.75) is 32.2 Å². The van der Waals surface area contributed by atoms with Crippen molar-refractivity contribution in [1.82, 2.24) is 10.2 Å². The van der Waals surface area contributed by atoms with Crippen LogP contribution in [-0.2, 0) is 19.1 Å². The number of esters is 1. The van der Waals surface area contributed by atoms with Crippen molar-refractivity contribution in [2.24, 2.45) is 0 Å². The van der Waals surface area contributed by atoms with Gasteiger partial charge in [-0.25, -0.2) is 9.18 Å². The summed E-state index contributed by atoms with van der Waals surface area (Å²) in [6.45, 7) is 2.27. The Morgan fingerprint density at radius 2 is 1.96 bits per heavy atom. The van der Waals surface area contributed by atoms with Crippen molar-refractivity contribution in [3.05, 3.63) is 29.0 Å². The molecule has 8 nitrogen and oxygen atoms in total. The van der Waals surface area contributed by atoms with Crippen LogP contribution in [0.5, 0.6) is 0 Å². The molecule has 0 unspecified atom stereocenters. The number of nitrogens with one attached hydrogen (secondary N) is 2. The maximum absolute atomic E-state index is 13.0. The van der Waals surface area contributed by atoms with Gasteiger partial charge in [-0.15, -0.1) is 0 Å². The summed E-state index contributed by atoms with van der Waals surface area (Å²) >= 11 is 5.78. The number of anilines is 1. The van der Waals surface area contributed by atoms with Gasteiger partial charge in [-0.1, -0.05) is 25.4 Å². The summed E-state index contributed by atoms with van der Waals surface area (Å²) in [7, 11) is 0. The number of carbonyl (C=O) groups is 4. The zero-order chi connectivity index (χ0) is 20.2. The van der Waals surface area contributed by atoms with Crippen molar-refractivity contribution in [2.75, 3.05) is 18.5 Å². The number of benzene rings is 1. The highest BCUT2D eigenvalue weighted by molar-refractivity contribution is 6.33. The van der Waals surface area contributed by atoms with Crippen LogP contribution >= 0.6 is 11.6 Å². The van der Waals surface area contributed by atoms with Crippen LogP contribution in [0.4, 0.5) is 14.9 Å². The number of amides is 4. The number of carbonyl (C=O) groups excluding carboxylic acids is 4. The number of imide groups is 1. The molecule has 0 aromatic heterocycles. The van der Waals surface area contributed by atoms with E-state index in [1.54, 1.807) is 13.8 Å². The first kappa shape index (κ1) is 20.6. The number of urea groups is 1. The van der Waals surface area contributed by atoms with E-state index in [9.17, 15) is 23.6 Å². The first-order valence-electron chi connectivity index (χ1n) is 8.27. The lowest BCUT2D eigenvalue weighted by Gasteiger charge is -2.22. The summed E-state index contributed by atoms with van der Waals surface area (Å²) in [5.41, 5.74) is -0.863. The quantitative estimate of drug-likeness (QED) is 0.539. The monoisotopic (exact) mass is 399 g/mol. The van der Waals surface area contributed by atoms with E-state index in [1.807, 2.05) is 0 Å². The highest BCUT2D eigenvalue weighted by atomic mass is 35.5. The maximum Gasteiger partial charge on any atom is 0.326 e. The summed E-state index contributed by atoms with van der Waals surface area (Å²) in [5.74, 6) is -2.68. The predicted molar refractivity (Wildman–Crippen MR) is 94.6 cm³/mol. The van der Waals surface area contributed by atoms with Gasteiger partial charge in [0, 0.05) is 0 Å². The zero-order valence-corrected chi connectivity index (χ0v) is 15.6. The third kappa shape index (κ3) is 4.54. The van der Waals surface area contributed by atoms with Crippen LogP contribution in [0.15, 0.2) is 18.2 Å². The molecule has 1 heterocycles. The molecule has 2 N–H and O–H groups in total. The molecular formula is C17H19ClFN3O5. The number of halogens is 2. The molecular weight excluding hydrogens is 381 g/mol. The number of hydrogen-bond acceptors (Lipinski definition) is 5. The molecule has 1 aromatic rings. The van der Waals surface area contributed by atoms with E-state index in [-0.39, 0.29) is 10.7 Å². The van der Waals surface area contributed by atoms with E-state index < -0.39 is 48.3 Å². The van der Waals surface area contributed by atoms with Gasteiger partial charge >= 0.3 is 12.0 Å². The van der Waals surface area contributed by atoms with Crippen LogP contribution in [-0.4, -0.2) is 47.4 Å². The molecule has 1 aromatic carbocycles. The Labute approximate surface area is 160 Å². The second-order valence-electron chi connectivity index (χ2n) is 5.94. The molecule has 27 heavy (non-hydrogen) atoms. The van der Waals surface area contributed by atoms with Crippen molar-refractivity contribution in [3.8, 4) is 0 Å². The van der Waals surface area contributed by atoms with Crippen molar-refractivity contribution < 1.29 is 28.3 Å². The smallest absolute Gasteiger partial charge is 0.326 e. The number of rotatable bonds is 7. The first-order valence-corrected chi connectivity index (χ1v) is 8.65. The zero-order valence-electron chi connectivity index (χ0n) is 14.8. The standard InChI is InChI=1S/C17H19ClFN3O5/c1-3-17(4-2)15(25)22(16(26)21-17)8-14(24)27-9-13(23)20-12-6-5-10(19)7-11(12)18/h5-7H,3-4,8-9H2,1-2H3,(H,20,23)(H,21,26). The first-order chi connectivity index (χ1) is 12.7. The van der Waals surface area contributed by atoms with Gasteiger partial charge in [0.15, 0.2) is 6.61 Å². The lowest BCUT2D eigenvalue weighted by molar-refractivity contribution is -0.150. The van der Waals surface area contributed by atoms with E-state index in [0.29, 0.717) is 12.8 Å². The molecule has 146 valence electrons. The van der Waals surface area contributed by atoms with Gasteiger partial charge in [-0.05, 0) is 31.0 Å². The summed E-state index contributed by atoms with van der Waals surface area (Å²) < 4.78 is 17.8. The van der Waals surface area contributed by atoms with Gasteiger partial charge in [0.05, 0.1) is 10.7 Å². The molecule has 0 bridgehead atoms. The second-order valence-corrected chi connectivity index (χ2v) is 6.35. The lowest BCUT2D eigenvalue weighted by atomic mass is 9.93. The molecule has 0 spiro atoms. The van der Waals surface area contributed by atoms with E-state index >= 15 is 0 Å². The minimum Gasteiger partial charge on any atom is -0.454 e. The van der Waals surface area contributed by atoms with Crippen LogP contribution < -0.4 is 10.6 Å². The van der Waals surface area contributed by atoms with Gasteiger partial charge in [0.1, 0.15) is 17.9 Å². The molecule has 4 amide bonds. The Morgan fingerprint density at radius 3 is 2.52 bits per heavy atom. The minimum atomic E-state index is -1.02. The van der Waals surface area contributed by atoms with E-state index in [2.05, 4.69) is 10.6 Å². The van der Waals surface area contributed by atoms with Crippen molar-refractivity contribution in [1.29, 1.82) is 0 Å². The fraction of sp³-hybridized carbons (Fsp3) is 0.412. The Kier molecular flexibility index (Phi) is 6.37. The van der Waals surface area contributed by atoms with Gasteiger partial charge in [0.2, 0.25) is 0 Å². The molecule has 0 atom stereocenters. The van der Waals surface area contributed by atoms with Crippen molar-refractivity contribution in [3.63, 3.8) is 0 Å². The number of nitrogens with zero attached hydrogens (tertiary/aromatic N) is 1. The average molecular weight is 400 g/mol. The van der Waals surface area contributed by atoms with Crippen LogP contribution in [0.3, 0.4) is 0 Å².